The molecular weight excluding hydrogens is 749 g/mol. The van der Waals surface area contributed by atoms with Gasteiger partial charge in [0.05, 0.1) is 11.0 Å². The van der Waals surface area contributed by atoms with Crippen LogP contribution in [0.25, 0.3) is 131 Å². The average molecular weight is 785 g/mol. The summed E-state index contributed by atoms with van der Waals surface area (Å²) in [7, 11) is 0. The Labute approximate surface area is 358 Å². The zero-order chi connectivity index (χ0) is 40.7. The van der Waals surface area contributed by atoms with Crippen molar-refractivity contribution in [3.05, 3.63) is 219 Å². The third-order valence-corrected chi connectivity index (χ3v) is 13.0. The summed E-state index contributed by atoms with van der Waals surface area (Å²) in [5.74, 6) is 0. The first kappa shape index (κ1) is 34.6. The summed E-state index contributed by atoms with van der Waals surface area (Å²) >= 11 is 0. The maximum atomic E-state index is 5.40. The number of nitrogens with zero attached hydrogens (tertiary/aromatic N) is 2. The molecule has 2 heterocycles. The first-order chi connectivity index (χ1) is 30.7. The van der Waals surface area contributed by atoms with E-state index in [2.05, 4.69) is 219 Å². The van der Waals surface area contributed by atoms with Crippen molar-refractivity contribution in [1.29, 1.82) is 0 Å². The van der Waals surface area contributed by atoms with E-state index in [1.165, 1.54) is 64.6 Å². The number of hydrogen-bond acceptors (Lipinski definition) is 2. The molecule has 0 spiro atoms. The Morgan fingerprint density at radius 1 is 0.226 bits per heavy atom. The molecule has 11 aromatic carbocycles. The Morgan fingerprint density at radius 3 is 1.00 bits per heavy atom. The smallest absolute Gasteiger partial charge is 0.0971 e. The Morgan fingerprint density at radius 2 is 0.581 bits per heavy atom. The lowest BCUT2D eigenvalue weighted by atomic mass is 9.85. The first-order valence-electron chi connectivity index (χ1n) is 21.3. The molecule has 13 aromatic rings. The van der Waals surface area contributed by atoms with Crippen LogP contribution in [0.2, 0.25) is 0 Å². The molecule has 0 aliphatic heterocycles. The second-order valence-electron chi connectivity index (χ2n) is 16.5. The molecule has 62 heavy (non-hydrogen) atoms. The molecule has 0 radical (unpaired) electrons. The van der Waals surface area contributed by atoms with E-state index in [9.17, 15) is 0 Å². The number of aromatic nitrogens is 2. The van der Waals surface area contributed by atoms with E-state index in [0.29, 0.717) is 0 Å². The van der Waals surface area contributed by atoms with Crippen molar-refractivity contribution < 1.29 is 0 Å². The van der Waals surface area contributed by atoms with Crippen molar-refractivity contribution >= 4 is 86.4 Å². The topological polar surface area (TPSA) is 25.8 Å². The summed E-state index contributed by atoms with van der Waals surface area (Å²) in [6.45, 7) is 0. The summed E-state index contributed by atoms with van der Waals surface area (Å²) < 4.78 is 0. The highest BCUT2D eigenvalue weighted by atomic mass is 14.7. The summed E-state index contributed by atoms with van der Waals surface area (Å²) in [6.07, 6.45) is 4.12. The maximum absolute atomic E-state index is 5.40. The molecule has 0 unspecified atom stereocenters. The fraction of sp³-hybridized carbons (Fsp3) is 0. The quantitative estimate of drug-likeness (QED) is 0.131. The average Bonchev–Trinajstić information content (AvgIpc) is 3.34. The van der Waals surface area contributed by atoms with Gasteiger partial charge in [-0.05, 0) is 147 Å². The number of fused-ring (bicyclic) bond motifs is 11. The highest BCUT2D eigenvalue weighted by Gasteiger charge is 2.22. The molecule has 0 saturated carbocycles. The number of benzene rings is 11. The van der Waals surface area contributed by atoms with E-state index in [-0.39, 0.29) is 0 Å². The van der Waals surface area contributed by atoms with Gasteiger partial charge in [-0.3, -0.25) is 9.97 Å². The van der Waals surface area contributed by atoms with Crippen LogP contribution in [0.5, 0.6) is 0 Å². The minimum atomic E-state index is 0.889. The van der Waals surface area contributed by atoms with Crippen molar-refractivity contribution in [2.45, 2.75) is 0 Å². The van der Waals surface area contributed by atoms with E-state index in [4.69, 9.17) is 9.97 Å². The fourth-order valence-electron chi connectivity index (χ4n) is 10.1. The van der Waals surface area contributed by atoms with Crippen LogP contribution < -0.4 is 0 Å². The van der Waals surface area contributed by atoms with Gasteiger partial charge in [0.2, 0.25) is 0 Å². The third kappa shape index (κ3) is 5.37. The van der Waals surface area contributed by atoms with Gasteiger partial charge in [-0.1, -0.05) is 158 Å². The predicted molar refractivity (Wildman–Crippen MR) is 264 cm³/mol. The summed E-state index contributed by atoms with van der Waals surface area (Å²) in [6, 6.07) is 75.3. The SMILES string of the molecule is c1ccc(-c2c(-c3ccccc3)c3cc(-c4cc5cc6ccccc6cc5c5ccccc45)cnc3c3ncc(-c4cc5cc6ccccc6cc5c5ccccc45)cc23)cc1. The molecule has 0 amide bonds. The van der Waals surface area contributed by atoms with E-state index in [1.54, 1.807) is 0 Å². The zero-order valence-electron chi connectivity index (χ0n) is 33.7. The first-order valence-corrected chi connectivity index (χ1v) is 21.3. The highest BCUT2D eigenvalue weighted by molar-refractivity contribution is 6.23. The molecule has 2 nitrogen and oxygen atoms in total. The van der Waals surface area contributed by atoms with Crippen molar-refractivity contribution in [2.75, 3.05) is 0 Å². The van der Waals surface area contributed by atoms with Gasteiger partial charge in [-0.15, -0.1) is 0 Å². The molecule has 0 aliphatic rings. The van der Waals surface area contributed by atoms with Gasteiger partial charge < -0.3 is 0 Å². The number of rotatable bonds is 4. The van der Waals surface area contributed by atoms with Crippen LogP contribution in [-0.4, -0.2) is 9.97 Å². The Balaban J connectivity index is 1.12. The molecule has 286 valence electrons. The zero-order valence-corrected chi connectivity index (χ0v) is 33.7. The summed E-state index contributed by atoms with van der Waals surface area (Å²) in [4.78, 5) is 10.8. The minimum absolute atomic E-state index is 0.889. The Bertz CT molecular complexity index is 3700. The van der Waals surface area contributed by atoms with Crippen LogP contribution in [0.3, 0.4) is 0 Å². The minimum Gasteiger partial charge on any atom is -0.253 e. The Hall–Kier alpha value is -8.20. The van der Waals surface area contributed by atoms with Gasteiger partial charge in [0.25, 0.3) is 0 Å². The molecule has 0 aliphatic carbocycles. The van der Waals surface area contributed by atoms with Crippen molar-refractivity contribution in [3.8, 4) is 44.5 Å². The molecule has 2 aromatic heterocycles. The second-order valence-corrected chi connectivity index (χ2v) is 16.5. The summed E-state index contributed by atoms with van der Waals surface area (Å²) in [5.41, 5.74) is 10.8. The molecule has 0 atom stereocenters. The van der Waals surface area contributed by atoms with E-state index in [1.807, 2.05) is 0 Å². The van der Waals surface area contributed by atoms with Gasteiger partial charge in [-0.2, -0.15) is 0 Å². The van der Waals surface area contributed by atoms with Crippen LogP contribution in [0.1, 0.15) is 0 Å². The standard InChI is InChI=1S/C60H36N2/c1-3-15-37(16-4-1)57-55-33-45(53-31-43-27-39-19-7-9-21-41(39)29-51(43)47-23-11-13-25-49(47)53)35-61-59(55)60-56(58(57)38-17-5-2-6-18-38)34-46(36-62-60)54-32-44-28-40-20-8-10-22-42(40)30-52(44)48-24-12-14-26-50(48)54/h1-36H. The Kier molecular flexibility index (Phi) is 7.64. The van der Waals surface area contributed by atoms with E-state index >= 15 is 0 Å². The monoisotopic (exact) mass is 784 g/mol. The van der Waals surface area contributed by atoms with E-state index in [0.717, 1.165) is 66.3 Å². The fourth-order valence-corrected chi connectivity index (χ4v) is 10.1. The lowest BCUT2D eigenvalue weighted by Crippen LogP contribution is -1.97. The van der Waals surface area contributed by atoms with Gasteiger partial charge in [-0.25, -0.2) is 0 Å². The van der Waals surface area contributed by atoms with Crippen LogP contribution in [0, 0.1) is 0 Å². The molecule has 0 fully saturated rings. The van der Waals surface area contributed by atoms with Crippen LogP contribution in [0.15, 0.2) is 219 Å². The van der Waals surface area contributed by atoms with Gasteiger partial charge >= 0.3 is 0 Å². The maximum Gasteiger partial charge on any atom is 0.0971 e. The molecule has 0 N–H and O–H groups in total. The number of pyridine rings is 2. The van der Waals surface area contributed by atoms with Gasteiger partial charge in [0.1, 0.15) is 0 Å². The van der Waals surface area contributed by atoms with Crippen LogP contribution in [0.4, 0.5) is 0 Å². The molecule has 0 bridgehead atoms. The third-order valence-electron chi connectivity index (χ3n) is 13.0. The lowest BCUT2D eigenvalue weighted by molar-refractivity contribution is 1.37. The van der Waals surface area contributed by atoms with Crippen LogP contribution in [-0.2, 0) is 0 Å². The highest BCUT2D eigenvalue weighted by Crippen LogP contribution is 2.47. The van der Waals surface area contributed by atoms with Crippen molar-refractivity contribution in [3.63, 3.8) is 0 Å². The summed E-state index contributed by atoms with van der Waals surface area (Å²) in [5, 5.41) is 16.9. The normalized spacial score (nSPS) is 11.9. The van der Waals surface area contributed by atoms with Gasteiger partial charge in [0.15, 0.2) is 0 Å². The van der Waals surface area contributed by atoms with Gasteiger partial charge in [0, 0.05) is 34.3 Å². The predicted octanol–water partition coefficient (Wildman–Crippen LogP) is 16.4. The lowest BCUT2D eigenvalue weighted by Gasteiger charge is -2.20. The molecule has 13 rings (SSSR count). The van der Waals surface area contributed by atoms with Crippen molar-refractivity contribution in [1.82, 2.24) is 9.97 Å². The van der Waals surface area contributed by atoms with Crippen LogP contribution >= 0.6 is 0 Å². The van der Waals surface area contributed by atoms with E-state index < -0.39 is 0 Å². The molecule has 0 saturated heterocycles. The van der Waals surface area contributed by atoms with Crippen molar-refractivity contribution in [2.24, 2.45) is 0 Å². The number of hydrogen-bond donors (Lipinski definition) is 0. The second kappa shape index (κ2) is 13.7. The molecular formula is C60H36N2. The largest absolute Gasteiger partial charge is 0.253 e. The molecule has 2 heteroatoms.